The Morgan fingerprint density at radius 2 is 1.27 bits per heavy atom. The van der Waals surface area contributed by atoms with Crippen LogP contribution in [-0.4, -0.2) is 7.11 Å². The summed E-state index contributed by atoms with van der Waals surface area (Å²) in [4.78, 5) is 0. The maximum absolute atomic E-state index is 13.7. The van der Waals surface area contributed by atoms with E-state index in [-0.39, 0.29) is 5.75 Å². The second-order valence-corrected chi connectivity index (χ2v) is 4.24. The highest BCUT2D eigenvalue weighted by atomic mass is 19.3. The molecule has 2 aromatic carbocycles. The number of alkyl halides is 2. The van der Waals surface area contributed by atoms with Crippen LogP contribution in [0, 0.1) is 29.1 Å². The van der Waals surface area contributed by atoms with Gasteiger partial charge in [0.15, 0.2) is 23.3 Å². The molecule has 8 heteroatoms. The van der Waals surface area contributed by atoms with Crippen molar-refractivity contribution >= 4 is 0 Å². The summed E-state index contributed by atoms with van der Waals surface area (Å²) in [6.07, 6.45) is -3.02. The average molecular weight is 324 g/mol. The lowest BCUT2D eigenvalue weighted by atomic mass is 10.0. The minimum absolute atomic E-state index is 0.211. The van der Waals surface area contributed by atoms with E-state index in [0.29, 0.717) is 6.07 Å². The van der Waals surface area contributed by atoms with Gasteiger partial charge < -0.3 is 4.74 Å². The second kappa shape index (κ2) is 5.86. The van der Waals surface area contributed by atoms with Crippen molar-refractivity contribution in [2.75, 3.05) is 7.11 Å². The lowest BCUT2D eigenvalue weighted by Crippen LogP contribution is -2.04. The van der Waals surface area contributed by atoms with Gasteiger partial charge in [-0.15, -0.1) is 0 Å². The van der Waals surface area contributed by atoms with E-state index in [1.807, 2.05) is 0 Å². The first-order valence-electron chi connectivity index (χ1n) is 5.76. The Bertz CT molecular complexity index is 699. The first-order chi connectivity index (χ1) is 10.3. The van der Waals surface area contributed by atoms with Crippen molar-refractivity contribution in [1.82, 2.24) is 0 Å². The zero-order chi connectivity index (χ0) is 16.6. The topological polar surface area (TPSA) is 9.23 Å². The van der Waals surface area contributed by atoms with Crippen LogP contribution in [0.3, 0.4) is 0 Å². The van der Waals surface area contributed by atoms with E-state index in [1.54, 1.807) is 0 Å². The molecular formula is C14H7F7O. The fraction of sp³-hybridized carbons (Fsp3) is 0.143. The third kappa shape index (κ3) is 2.60. The van der Waals surface area contributed by atoms with Crippen molar-refractivity contribution in [1.29, 1.82) is 0 Å². The van der Waals surface area contributed by atoms with Crippen LogP contribution in [0.1, 0.15) is 12.0 Å². The van der Waals surface area contributed by atoms with Gasteiger partial charge in [0.2, 0.25) is 5.82 Å². The molecule has 0 N–H and O–H groups in total. The predicted molar refractivity (Wildman–Crippen MR) is 63.2 cm³/mol. The Labute approximate surface area is 119 Å². The van der Waals surface area contributed by atoms with E-state index in [4.69, 9.17) is 4.74 Å². The molecule has 0 aliphatic carbocycles. The van der Waals surface area contributed by atoms with Gasteiger partial charge in [-0.1, -0.05) is 0 Å². The largest absolute Gasteiger partial charge is 0.497 e. The maximum Gasteiger partial charge on any atom is 0.264 e. The first kappa shape index (κ1) is 16.1. The molecule has 0 bridgehead atoms. The molecular weight excluding hydrogens is 317 g/mol. The summed E-state index contributed by atoms with van der Waals surface area (Å²) in [5, 5.41) is 0. The molecule has 2 rings (SSSR count). The van der Waals surface area contributed by atoms with Crippen LogP contribution in [-0.2, 0) is 0 Å². The molecule has 0 atom stereocenters. The summed E-state index contributed by atoms with van der Waals surface area (Å²) >= 11 is 0. The molecule has 0 fully saturated rings. The van der Waals surface area contributed by atoms with E-state index < -0.39 is 52.2 Å². The normalized spacial score (nSPS) is 11.1. The lowest BCUT2D eigenvalue weighted by molar-refractivity contribution is 0.151. The smallest absolute Gasteiger partial charge is 0.264 e. The summed E-state index contributed by atoms with van der Waals surface area (Å²) in [6.45, 7) is 0. The SMILES string of the molecule is COc1cc(-c2c(F)c(F)c(F)c(F)c2F)cc(C(F)F)c1. The van der Waals surface area contributed by atoms with Crippen molar-refractivity contribution < 1.29 is 35.5 Å². The second-order valence-electron chi connectivity index (χ2n) is 4.24. The Morgan fingerprint density at radius 1 is 0.773 bits per heavy atom. The van der Waals surface area contributed by atoms with Crippen molar-refractivity contribution in [2.24, 2.45) is 0 Å². The summed E-state index contributed by atoms with van der Waals surface area (Å²) < 4.78 is 97.0. The van der Waals surface area contributed by atoms with E-state index in [2.05, 4.69) is 0 Å². The van der Waals surface area contributed by atoms with E-state index in [1.165, 1.54) is 0 Å². The summed E-state index contributed by atoms with van der Waals surface area (Å²) in [6, 6.07) is 2.41. The molecule has 0 aromatic heterocycles. The van der Waals surface area contributed by atoms with Gasteiger partial charge in [0.25, 0.3) is 6.43 Å². The Hall–Kier alpha value is -2.25. The van der Waals surface area contributed by atoms with Gasteiger partial charge in [0.1, 0.15) is 5.75 Å². The number of methoxy groups -OCH3 is 1. The van der Waals surface area contributed by atoms with Crippen LogP contribution in [0.2, 0.25) is 0 Å². The number of ether oxygens (including phenoxy) is 1. The van der Waals surface area contributed by atoms with E-state index in [0.717, 1.165) is 19.2 Å². The van der Waals surface area contributed by atoms with Gasteiger partial charge >= 0.3 is 0 Å². The fourth-order valence-electron chi connectivity index (χ4n) is 1.87. The molecule has 0 saturated heterocycles. The highest BCUT2D eigenvalue weighted by Crippen LogP contribution is 2.35. The third-order valence-corrected chi connectivity index (χ3v) is 2.92. The predicted octanol–water partition coefficient (Wildman–Crippen LogP) is 5.00. The zero-order valence-electron chi connectivity index (χ0n) is 10.9. The van der Waals surface area contributed by atoms with Crippen molar-refractivity contribution in [3.05, 3.63) is 52.8 Å². The molecule has 0 amide bonds. The quantitative estimate of drug-likeness (QED) is 0.439. The molecule has 22 heavy (non-hydrogen) atoms. The molecule has 0 aliphatic rings. The number of halogens is 7. The van der Waals surface area contributed by atoms with Crippen LogP contribution in [0.25, 0.3) is 11.1 Å². The number of hydrogen-bond donors (Lipinski definition) is 0. The molecule has 118 valence electrons. The minimum Gasteiger partial charge on any atom is -0.497 e. The fourth-order valence-corrected chi connectivity index (χ4v) is 1.87. The highest BCUT2D eigenvalue weighted by molar-refractivity contribution is 5.68. The average Bonchev–Trinajstić information content (AvgIpc) is 2.50. The third-order valence-electron chi connectivity index (χ3n) is 2.92. The van der Waals surface area contributed by atoms with Crippen LogP contribution in [0.15, 0.2) is 18.2 Å². The standard InChI is InChI=1S/C14H7F7O/c1-22-7-3-5(2-6(4-7)14(20)21)8-9(15)11(17)13(19)12(18)10(8)16/h2-4,14H,1H3. The minimum atomic E-state index is -3.02. The summed E-state index contributed by atoms with van der Waals surface area (Å²) in [5.74, 6) is -11.1. The Balaban J connectivity index is 2.79. The molecule has 2 aromatic rings. The van der Waals surface area contributed by atoms with Gasteiger partial charge in [-0.2, -0.15) is 0 Å². The molecule has 0 saturated carbocycles. The van der Waals surface area contributed by atoms with E-state index >= 15 is 0 Å². The van der Waals surface area contributed by atoms with Crippen LogP contribution >= 0.6 is 0 Å². The van der Waals surface area contributed by atoms with Crippen LogP contribution in [0.4, 0.5) is 30.7 Å². The maximum atomic E-state index is 13.7. The van der Waals surface area contributed by atoms with Crippen molar-refractivity contribution in [3.63, 3.8) is 0 Å². The van der Waals surface area contributed by atoms with Crippen LogP contribution in [0.5, 0.6) is 5.75 Å². The molecule has 0 spiro atoms. The monoisotopic (exact) mass is 324 g/mol. The van der Waals surface area contributed by atoms with Gasteiger partial charge in [-0.3, -0.25) is 0 Å². The summed E-state index contributed by atoms with van der Waals surface area (Å²) in [5.41, 5.74) is -2.59. The number of hydrogen-bond acceptors (Lipinski definition) is 1. The lowest BCUT2D eigenvalue weighted by Gasteiger charge is -2.12. The first-order valence-corrected chi connectivity index (χ1v) is 5.76. The van der Waals surface area contributed by atoms with Gasteiger partial charge in [-0.25, -0.2) is 30.7 Å². The molecule has 0 radical (unpaired) electrons. The zero-order valence-corrected chi connectivity index (χ0v) is 10.9. The Morgan fingerprint density at radius 3 is 1.73 bits per heavy atom. The van der Waals surface area contributed by atoms with Gasteiger partial charge in [0, 0.05) is 5.56 Å². The van der Waals surface area contributed by atoms with Gasteiger partial charge in [-0.05, 0) is 23.8 Å². The van der Waals surface area contributed by atoms with E-state index in [9.17, 15) is 30.7 Å². The van der Waals surface area contributed by atoms with Crippen molar-refractivity contribution in [2.45, 2.75) is 6.43 Å². The molecule has 0 aliphatic heterocycles. The molecule has 0 unspecified atom stereocenters. The van der Waals surface area contributed by atoms with Crippen molar-refractivity contribution in [3.8, 4) is 16.9 Å². The number of benzene rings is 2. The highest BCUT2D eigenvalue weighted by Gasteiger charge is 2.27. The summed E-state index contributed by atoms with van der Waals surface area (Å²) in [7, 11) is 1.10. The van der Waals surface area contributed by atoms with Crippen LogP contribution < -0.4 is 4.74 Å². The molecule has 0 heterocycles. The number of rotatable bonds is 3. The Kier molecular flexibility index (Phi) is 4.30. The van der Waals surface area contributed by atoms with Gasteiger partial charge in [0.05, 0.1) is 12.7 Å². The molecule has 1 nitrogen and oxygen atoms in total.